The van der Waals surface area contributed by atoms with Gasteiger partial charge in [0.05, 0.1) is 12.3 Å². The van der Waals surface area contributed by atoms with Crippen LogP contribution in [0.25, 0.3) is 0 Å². The summed E-state index contributed by atoms with van der Waals surface area (Å²) in [6.07, 6.45) is 23.1. The van der Waals surface area contributed by atoms with Crippen LogP contribution in [0, 0.1) is 5.92 Å². The Morgan fingerprint density at radius 3 is 1.83 bits per heavy atom. The highest BCUT2D eigenvalue weighted by atomic mass is 32.2. The molecule has 0 aliphatic heterocycles. The van der Waals surface area contributed by atoms with E-state index in [4.69, 9.17) is 5.11 Å². The molecule has 170 valence electrons. The Balaban J connectivity index is 3.44. The monoisotopic (exact) mass is 428 g/mol. The number of unbranched alkanes of at least 4 members (excludes halogenated alkanes) is 12. The zero-order chi connectivity index (χ0) is 21.6. The molecule has 29 heavy (non-hydrogen) atoms. The lowest BCUT2D eigenvalue weighted by Gasteiger charge is -2.11. The van der Waals surface area contributed by atoms with Crippen molar-refractivity contribution >= 4 is 23.7 Å². The molecule has 0 saturated heterocycles. The topological polar surface area (TPSA) is 74.6 Å². The maximum Gasteiger partial charge on any atom is 0.307 e. The number of allylic oxidation sites excluding steroid dienone is 2. The van der Waals surface area contributed by atoms with Crippen molar-refractivity contribution in [2.45, 2.75) is 110 Å². The molecule has 5 heteroatoms. The van der Waals surface area contributed by atoms with Crippen LogP contribution in [-0.2, 0) is 9.59 Å². The average Bonchev–Trinajstić information content (AvgIpc) is 2.68. The smallest absolute Gasteiger partial charge is 0.307 e. The van der Waals surface area contributed by atoms with E-state index in [0.29, 0.717) is 17.9 Å². The SMILES string of the molecule is CCCCCCCC/C=C\CCCCCCCCC(CSCCC(=O)O)C(=O)O. The van der Waals surface area contributed by atoms with Gasteiger partial charge in [0.2, 0.25) is 0 Å². The molecule has 4 nitrogen and oxygen atoms in total. The van der Waals surface area contributed by atoms with E-state index in [9.17, 15) is 14.7 Å². The third-order valence-corrected chi connectivity index (χ3v) is 6.32. The van der Waals surface area contributed by atoms with E-state index in [1.54, 1.807) is 0 Å². The van der Waals surface area contributed by atoms with Crippen LogP contribution in [0.5, 0.6) is 0 Å². The van der Waals surface area contributed by atoms with Gasteiger partial charge in [-0.2, -0.15) is 11.8 Å². The van der Waals surface area contributed by atoms with Crippen molar-refractivity contribution in [1.82, 2.24) is 0 Å². The number of carboxylic acids is 2. The highest BCUT2D eigenvalue weighted by Crippen LogP contribution is 2.18. The molecule has 0 radical (unpaired) electrons. The normalized spacial score (nSPS) is 12.4. The molecule has 0 saturated carbocycles. The lowest BCUT2D eigenvalue weighted by Crippen LogP contribution is -2.16. The highest BCUT2D eigenvalue weighted by Gasteiger charge is 2.16. The predicted molar refractivity (Wildman–Crippen MR) is 125 cm³/mol. The molecule has 0 heterocycles. The average molecular weight is 429 g/mol. The molecule has 2 N–H and O–H groups in total. The van der Waals surface area contributed by atoms with Crippen LogP contribution in [0.3, 0.4) is 0 Å². The molecule has 0 aromatic heterocycles. The van der Waals surface area contributed by atoms with Gasteiger partial charge in [0, 0.05) is 11.5 Å². The summed E-state index contributed by atoms with van der Waals surface area (Å²) in [6.45, 7) is 2.26. The molecule has 0 fully saturated rings. The fourth-order valence-corrected chi connectivity index (χ4v) is 4.38. The van der Waals surface area contributed by atoms with E-state index in [1.807, 2.05) is 0 Å². The number of hydrogen-bond donors (Lipinski definition) is 2. The van der Waals surface area contributed by atoms with Gasteiger partial charge in [-0.3, -0.25) is 9.59 Å². The summed E-state index contributed by atoms with van der Waals surface area (Å²) in [7, 11) is 0. The summed E-state index contributed by atoms with van der Waals surface area (Å²) in [6, 6.07) is 0. The molecule has 0 bridgehead atoms. The Kier molecular flexibility index (Phi) is 21.0. The third-order valence-electron chi connectivity index (χ3n) is 5.19. The summed E-state index contributed by atoms with van der Waals surface area (Å²) in [5.41, 5.74) is 0. The van der Waals surface area contributed by atoms with Crippen molar-refractivity contribution in [3.8, 4) is 0 Å². The maximum absolute atomic E-state index is 11.3. The number of rotatable bonds is 22. The Bertz CT molecular complexity index is 423. The molecule has 0 amide bonds. The second-order valence-corrected chi connectivity index (χ2v) is 9.13. The first kappa shape index (κ1) is 28.0. The van der Waals surface area contributed by atoms with Crippen molar-refractivity contribution in [2.24, 2.45) is 5.92 Å². The molecule has 1 atom stereocenters. The van der Waals surface area contributed by atoms with Gasteiger partial charge in [0.25, 0.3) is 0 Å². The zero-order valence-corrected chi connectivity index (χ0v) is 19.4. The summed E-state index contributed by atoms with van der Waals surface area (Å²) in [5.74, 6) is -0.899. The first-order valence-electron chi connectivity index (χ1n) is 11.7. The van der Waals surface area contributed by atoms with E-state index < -0.39 is 11.9 Å². The van der Waals surface area contributed by atoms with Crippen molar-refractivity contribution in [1.29, 1.82) is 0 Å². The summed E-state index contributed by atoms with van der Waals surface area (Å²) in [4.78, 5) is 21.8. The van der Waals surface area contributed by atoms with E-state index in [0.717, 1.165) is 12.8 Å². The lowest BCUT2D eigenvalue weighted by atomic mass is 10.0. The van der Waals surface area contributed by atoms with Crippen molar-refractivity contribution < 1.29 is 19.8 Å². The number of thioether (sulfide) groups is 1. The first-order chi connectivity index (χ1) is 14.1. The maximum atomic E-state index is 11.3. The van der Waals surface area contributed by atoms with Gasteiger partial charge in [0.15, 0.2) is 0 Å². The minimum atomic E-state index is -0.822. The first-order valence-corrected chi connectivity index (χ1v) is 12.9. The van der Waals surface area contributed by atoms with Crippen LogP contribution in [-0.4, -0.2) is 33.7 Å². The number of carbonyl (C=O) groups is 2. The van der Waals surface area contributed by atoms with E-state index in [2.05, 4.69) is 19.1 Å². The van der Waals surface area contributed by atoms with E-state index in [-0.39, 0.29) is 12.3 Å². The fraction of sp³-hybridized carbons (Fsp3) is 0.833. The van der Waals surface area contributed by atoms with Crippen LogP contribution in [0.2, 0.25) is 0 Å². The molecule has 0 aromatic rings. The van der Waals surface area contributed by atoms with Gasteiger partial charge >= 0.3 is 11.9 Å². The quantitative estimate of drug-likeness (QED) is 0.139. The molecule has 0 aliphatic carbocycles. The summed E-state index contributed by atoms with van der Waals surface area (Å²) in [5, 5.41) is 17.9. The zero-order valence-electron chi connectivity index (χ0n) is 18.6. The second kappa shape index (κ2) is 21.7. The molecule has 1 unspecified atom stereocenters. The van der Waals surface area contributed by atoms with Crippen LogP contribution >= 0.6 is 11.8 Å². The van der Waals surface area contributed by atoms with Gasteiger partial charge in [0.1, 0.15) is 0 Å². The van der Waals surface area contributed by atoms with Crippen molar-refractivity contribution in [2.75, 3.05) is 11.5 Å². The van der Waals surface area contributed by atoms with Crippen molar-refractivity contribution in [3.05, 3.63) is 12.2 Å². The van der Waals surface area contributed by atoms with E-state index >= 15 is 0 Å². The van der Waals surface area contributed by atoms with Crippen LogP contribution in [0.1, 0.15) is 110 Å². The predicted octanol–water partition coefficient (Wildman–Crippen LogP) is 7.32. The largest absolute Gasteiger partial charge is 0.481 e. The minimum absolute atomic E-state index is 0.102. The lowest BCUT2D eigenvalue weighted by molar-refractivity contribution is -0.141. The van der Waals surface area contributed by atoms with Crippen LogP contribution in [0.4, 0.5) is 0 Å². The molecule has 0 rings (SSSR count). The Hall–Kier alpha value is -0.970. The third kappa shape index (κ3) is 21.6. The molecular formula is C24H44O4S. The minimum Gasteiger partial charge on any atom is -0.481 e. The van der Waals surface area contributed by atoms with Gasteiger partial charge in [-0.15, -0.1) is 0 Å². The van der Waals surface area contributed by atoms with Crippen molar-refractivity contribution in [3.63, 3.8) is 0 Å². The Morgan fingerprint density at radius 1 is 0.793 bits per heavy atom. The van der Waals surface area contributed by atoms with E-state index in [1.165, 1.54) is 88.8 Å². The summed E-state index contributed by atoms with van der Waals surface area (Å²) >= 11 is 1.44. The molecule has 0 spiro atoms. The number of hydrogen-bond acceptors (Lipinski definition) is 3. The van der Waals surface area contributed by atoms with Gasteiger partial charge < -0.3 is 10.2 Å². The molecule has 0 aromatic carbocycles. The fourth-order valence-electron chi connectivity index (χ4n) is 3.30. The van der Waals surface area contributed by atoms with Crippen LogP contribution in [0.15, 0.2) is 12.2 Å². The second-order valence-electron chi connectivity index (χ2n) is 7.98. The van der Waals surface area contributed by atoms with Gasteiger partial charge in [-0.25, -0.2) is 0 Å². The van der Waals surface area contributed by atoms with Crippen LogP contribution < -0.4 is 0 Å². The standard InChI is InChI=1S/C24H44O4S/c1-2-3-4-5-6-7-8-9-10-11-12-13-14-15-16-17-18-22(24(27)28)21-29-20-19-23(25)26/h9-10,22H,2-8,11-21H2,1H3,(H,25,26)(H,27,28)/b10-9-. The van der Waals surface area contributed by atoms with Gasteiger partial charge in [-0.1, -0.05) is 83.3 Å². The molecule has 0 aliphatic rings. The van der Waals surface area contributed by atoms with Gasteiger partial charge in [-0.05, 0) is 32.1 Å². The Morgan fingerprint density at radius 2 is 1.31 bits per heavy atom. The number of carboxylic acid groups (broad SMARTS) is 2. The summed E-state index contributed by atoms with van der Waals surface area (Å²) < 4.78 is 0. The highest BCUT2D eigenvalue weighted by molar-refractivity contribution is 7.99. The number of aliphatic carboxylic acids is 2. The Labute approximate surface area is 182 Å². The molecular weight excluding hydrogens is 384 g/mol.